The van der Waals surface area contributed by atoms with Crippen LogP contribution in [0.25, 0.3) is 0 Å². The van der Waals surface area contributed by atoms with Crippen LogP contribution in [0.4, 0.5) is 5.69 Å². The van der Waals surface area contributed by atoms with Crippen molar-refractivity contribution in [2.24, 2.45) is 0 Å². The predicted octanol–water partition coefficient (Wildman–Crippen LogP) is 1.02. The molecule has 0 spiro atoms. The highest BCUT2D eigenvalue weighted by molar-refractivity contribution is 5.95. The lowest BCUT2D eigenvalue weighted by Gasteiger charge is -2.11. The van der Waals surface area contributed by atoms with Crippen LogP contribution in [0.1, 0.15) is 17.3 Å². The molecule has 0 saturated heterocycles. The molecule has 0 aromatic heterocycles. The molecule has 0 radical (unpaired) electrons. The van der Waals surface area contributed by atoms with Crippen LogP contribution in [-0.4, -0.2) is 32.1 Å². The molecule has 1 unspecified atom stereocenters. The molecule has 1 atom stereocenters. The third-order valence-electron chi connectivity index (χ3n) is 2.40. The van der Waals surface area contributed by atoms with E-state index in [2.05, 4.69) is 15.4 Å². The number of amides is 1. The van der Waals surface area contributed by atoms with Gasteiger partial charge >= 0.3 is 5.97 Å². The average Bonchev–Trinajstić information content (AvgIpc) is 2.37. The van der Waals surface area contributed by atoms with E-state index in [0.29, 0.717) is 11.3 Å². The second-order valence-corrected chi connectivity index (χ2v) is 3.57. The van der Waals surface area contributed by atoms with Crippen molar-refractivity contribution in [2.75, 3.05) is 19.5 Å². The van der Waals surface area contributed by atoms with Gasteiger partial charge in [-0.15, -0.1) is 0 Å². The zero-order valence-corrected chi connectivity index (χ0v) is 10.1. The van der Waals surface area contributed by atoms with Crippen molar-refractivity contribution >= 4 is 17.6 Å². The Bertz CT molecular complexity index is 401. The highest BCUT2D eigenvalue weighted by atomic mass is 16.5. The largest absolute Gasteiger partial charge is 0.465 e. The van der Waals surface area contributed by atoms with E-state index in [1.165, 1.54) is 7.11 Å². The normalized spacial score (nSPS) is 11.7. The molecule has 0 aliphatic heterocycles. The maximum Gasteiger partial charge on any atom is 0.337 e. The van der Waals surface area contributed by atoms with E-state index >= 15 is 0 Å². The molecule has 5 heteroatoms. The molecule has 1 aromatic carbocycles. The zero-order chi connectivity index (χ0) is 12.8. The molecule has 1 rings (SSSR count). The summed E-state index contributed by atoms with van der Waals surface area (Å²) in [7, 11) is 3.04. The van der Waals surface area contributed by atoms with Gasteiger partial charge in [-0.05, 0) is 38.2 Å². The van der Waals surface area contributed by atoms with E-state index in [4.69, 9.17) is 0 Å². The Kier molecular flexibility index (Phi) is 4.66. The molecular weight excluding hydrogens is 220 g/mol. The fourth-order valence-electron chi connectivity index (χ4n) is 1.19. The molecule has 0 bridgehead atoms. The van der Waals surface area contributed by atoms with Crippen LogP contribution in [0.2, 0.25) is 0 Å². The minimum atomic E-state index is -0.397. The van der Waals surface area contributed by atoms with Crippen molar-refractivity contribution in [2.45, 2.75) is 13.0 Å². The Morgan fingerprint density at radius 3 is 2.29 bits per heavy atom. The molecule has 5 nitrogen and oxygen atoms in total. The van der Waals surface area contributed by atoms with Gasteiger partial charge in [0.05, 0.1) is 18.7 Å². The summed E-state index contributed by atoms with van der Waals surface area (Å²) in [5, 5.41) is 5.56. The van der Waals surface area contributed by atoms with E-state index in [0.717, 1.165) is 0 Å². The highest BCUT2D eigenvalue weighted by Crippen LogP contribution is 2.10. The first kappa shape index (κ1) is 13.2. The Morgan fingerprint density at radius 1 is 1.24 bits per heavy atom. The number of ether oxygens (including phenoxy) is 1. The van der Waals surface area contributed by atoms with E-state index in [1.807, 2.05) is 0 Å². The van der Waals surface area contributed by atoms with Crippen LogP contribution in [0, 0.1) is 0 Å². The second-order valence-electron chi connectivity index (χ2n) is 3.57. The Morgan fingerprint density at radius 2 is 1.82 bits per heavy atom. The number of benzene rings is 1. The maximum atomic E-state index is 11.6. The van der Waals surface area contributed by atoms with Crippen molar-refractivity contribution in [3.63, 3.8) is 0 Å². The van der Waals surface area contributed by atoms with Crippen LogP contribution in [-0.2, 0) is 9.53 Å². The van der Waals surface area contributed by atoms with Gasteiger partial charge in [0.15, 0.2) is 0 Å². The topological polar surface area (TPSA) is 67.4 Å². The molecule has 1 amide bonds. The van der Waals surface area contributed by atoms with Crippen molar-refractivity contribution < 1.29 is 14.3 Å². The van der Waals surface area contributed by atoms with Crippen molar-refractivity contribution in [1.29, 1.82) is 0 Å². The minimum Gasteiger partial charge on any atom is -0.465 e. The van der Waals surface area contributed by atoms with Crippen molar-refractivity contribution in [3.05, 3.63) is 29.8 Å². The molecule has 2 N–H and O–H groups in total. The van der Waals surface area contributed by atoms with Crippen LogP contribution in [0.3, 0.4) is 0 Å². The van der Waals surface area contributed by atoms with E-state index in [1.54, 1.807) is 38.2 Å². The predicted molar refractivity (Wildman–Crippen MR) is 64.9 cm³/mol. The van der Waals surface area contributed by atoms with Crippen molar-refractivity contribution in [1.82, 2.24) is 5.32 Å². The number of hydrogen-bond donors (Lipinski definition) is 2. The summed E-state index contributed by atoms with van der Waals surface area (Å²) in [6.07, 6.45) is 0. The zero-order valence-electron chi connectivity index (χ0n) is 10.1. The van der Waals surface area contributed by atoms with Gasteiger partial charge in [0.1, 0.15) is 0 Å². The van der Waals surface area contributed by atoms with E-state index < -0.39 is 5.97 Å². The van der Waals surface area contributed by atoms with Gasteiger partial charge in [-0.25, -0.2) is 4.79 Å². The summed E-state index contributed by atoms with van der Waals surface area (Å²) < 4.78 is 4.58. The molecular formula is C12H16N2O3. The maximum absolute atomic E-state index is 11.6. The fourth-order valence-corrected chi connectivity index (χ4v) is 1.19. The standard InChI is InChI=1S/C12H16N2O3/c1-8(13-2)11(15)14-10-6-4-9(5-7-10)12(16)17-3/h4-8,13H,1-3H3,(H,14,15). The number of carbonyl (C=O) groups is 2. The fraction of sp³-hybridized carbons (Fsp3) is 0.333. The highest BCUT2D eigenvalue weighted by Gasteiger charge is 2.10. The van der Waals surface area contributed by atoms with Gasteiger partial charge in [-0.1, -0.05) is 0 Å². The number of anilines is 1. The minimum absolute atomic E-state index is 0.127. The summed E-state index contributed by atoms with van der Waals surface area (Å²) >= 11 is 0. The number of nitrogens with one attached hydrogen (secondary N) is 2. The Balaban J connectivity index is 2.69. The van der Waals surface area contributed by atoms with Crippen LogP contribution >= 0.6 is 0 Å². The first-order valence-corrected chi connectivity index (χ1v) is 5.25. The molecule has 0 heterocycles. The molecule has 0 aliphatic carbocycles. The monoisotopic (exact) mass is 236 g/mol. The molecule has 17 heavy (non-hydrogen) atoms. The van der Waals surface area contributed by atoms with E-state index in [9.17, 15) is 9.59 Å². The molecule has 0 saturated carbocycles. The summed E-state index contributed by atoms with van der Waals surface area (Å²) in [6.45, 7) is 1.76. The smallest absolute Gasteiger partial charge is 0.337 e. The SMILES string of the molecule is CNC(C)C(=O)Nc1ccc(C(=O)OC)cc1. The average molecular weight is 236 g/mol. The van der Waals surface area contributed by atoms with Gasteiger partial charge < -0.3 is 15.4 Å². The summed E-state index contributed by atoms with van der Waals surface area (Å²) in [4.78, 5) is 22.7. The number of rotatable bonds is 4. The number of hydrogen-bond acceptors (Lipinski definition) is 4. The first-order chi connectivity index (χ1) is 8.08. The van der Waals surface area contributed by atoms with Crippen LogP contribution in [0.5, 0.6) is 0 Å². The molecule has 92 valence electrons. The number of esters is 1. The number of carbonyl (C=O) groups excluding carboxylic acids is 2. The van der Waals surface area contributed by atoms with Gasteiger partial charge in [-0.2, -0.15) is 0 Å². The Hall–Kier alpha value is -1.88. The summed E-state index contributed by atoms with van der Waals surface area (Å²) in [5.41, 5.74) is 1.09. The van der Waals surface area contributed by atoms with Crippen LogP contribution in [0.15, 0.2) is 24.3 Å². The molecule has 1 aromatic rings. The van der Waals surface area contributed by atoms with E-state index in [-0.39, 0.29) is 11.9 Å². The quantitative estimate of drug-likeness (QED) is 0.766. The summed E-state index contributed by atoms with van der Waals surface area (Å²) in [6, 6.07) is 6.26. The lowest BCUT2D eigenvalue weighted by Crippen LogP contribution is -2.35. The van der Waals surface area contributed by atoms with Gasteiger partial charge in [0.2, 0.25) is 5.91 Å². The molecule has 0 fully saturated rings. The third kappa shape index (κ3) is 3.57. The van der Waals surface area contributed by atoms with Crippen molar-refractivity contribution in [3.8, 4) is 0 Å². The Labute approximate surface area is 100 Å². The van der Waals surface area contributed by atoms with Gasteiger partial charge in [-0.3, -0.25) is 4.79 Å². The first-order valence-electron chi connectivity index (χ1n) is 5.25. The van der Waals surface area contributed by atoms with Gasteiger partial charge in [0.25, 0.3) is 0 Å². The number of methoxy groups -OCH3 is 1. The third-order valence-corrected chi connectivity index (χ3v) is 2.40. The lowest BCUT2D eigenvalue weighted by molar-refractivity contribution is -0.117. The summed E-state index contributed by atoms with van der Waals surface area (Å²) in [5.74, 6) is -0.523. The molecule has 0 aliphatic rings. The lowest BCUT2D eigenvalue weighted by atomic mass is 10.2. The van der Waals surface area contributed by atoms with Gasteiger partial charge in [0, 0.05) is 5.69 Å². The number of likely N-dealkylation sites (N-methyl/N-ethyl adjacent to an activating group) is 1. The second kappa shape index (κ2) is 6.00. The van der Waals surface area contributed by atoms with Crippen LogP contribution < -0.4 is 10.6 Å².